The first-order valence-electron chi connectivity index (χ1n) is 7.56. The maximum Gasteiger partial charge on any atom is 0.243 e. The van der Waals surface area contributed by atoms with Crippen LogP contribution in [-0.4, -0.2) is 63.8 Å². The summed E-state index contributed by atoms with van der Waals surface area (Å²) in [5.41, 5.74) is 1.44. The topological polar surface area (TPSA) is 104 Å². The second-order valence-electron chi connectivity index (χ2n) is 5.93. The summed E-state index contributed by atoms with van der Waals surface area (Å²) in [6.45, 7) is 0.560. The molecule has 0 unspecified atom stereocenters. The highest BCUT2D eigenvalue weighted by Gasteiger charge is 2.32. The summed E-state index contributed by atoms with van der Waals surface area (Å²) in [5, 5.41) is 2.72. The average Bonchev–Trinajstić information content (AvgIpc) is 2.53. The molecule has 2 aliphatic heterocycles. The second-order valence-corrected chi connectivity index (χ2v) is 9.85. The van der Waals surface area contributed by atoms with E-state index in [0.717, 1.165) is 11.8 Å². The van der Waals surface area contributed by atoms with Crippen molar-refractivity contribution in [2.45, 2.75) is 17.7 Å². The van der Waals surface area contributed by atoms with E-state index in [4.69, 9.17) is 0 Å². The third-order valence-electron chi connectivity index (χ3n) is 4.28. The first-order chi connectivity index (χ1) is 11.2. The lowest BCUT2D eigenvalue weighted by Crippen LogP contribution is -2.50. The smallest absolute Gasteiger partial charge is 0.243 e. The molecule has 1 fully saturated rings. The average molecular weight is 373 g/mol. The molecule has 0 aliphatic carbocycles. The molecule has 0 atom stereocenters. The predicted octanol–water partition coefficient (Wildman–Crippen LogP) is -0.163. The van der Waals surface area contributed by atoms with Crippen molar-refractivity contribution in [2.75, 3.05) is 37.8 Å². The molecule has 2 aliphatic rings. The fraction of sp³-hybridized carbons (Fsp3) is 0.500. The Labute approximate surface area is 141 Å². The summed E-state index contributed by atoms with van der Waals surface area (Å²) >= 11 is 0. The number of nitrogens with one attached hydrogen (secondary N) is 1. The van der Waals surface area contributed by atoms with Crippen molar-refractivity contribution in [2.24, 2.45) is 0 Å². The largest absolute Gasteiger partial charge is 0.326 e. The van der Waals surface area contributed by atoms with Crippen molar-refractivity contribution < 1.29 is 21.6 Å². The third-order valence-corrected chi connectivity index (χ3v) is 7.47. The summed E-state index contributed by atoms with van der Waals surface area (Å²) in [6.07, 6.45) is 1.96. The van der Waals surface area contributed by atoms with Crippen molar-refractivity contribution >= 4 is 31.6 Å². The summed E-state index contributed by atoms with van der Waals surface area (Å²) in [6, 6.07) is 4.67. The number of benzene rings is 1. The highest BCUT2D eigenvalue weighted by molar-refractivity contribution is 7.89. The van der Waals surface area contributed by atoms with E-state index in [1.165, 1.54) is 14.7 Å². The van der Waals surface area contributed by atoms with Gasteiger partial charge in [-0.1, -0.05) is 0 Å². The molecule has 0 radical (unpaired) electrons. The van der Waals surface area contributed by atoms with Gasteiger partial charge < -0.3 is 5.32 Å². The van der Waals surface area contributed by atoms with Gasteiger partial charge in [0.05, 0.1) is 11.2 Å². The van der Waals surface area contributed by atoms with Gasteiger partial charge in [0.25, 0.3) is 0 Å². The molecule has 2 heterocycles. The highest BCUT2D eigenvalue weighted by atomic mass is 32.2. The molecule has 3 rings (SSSR count). The first-order valence-corrected chi connectivity index (χ1v) is 10.8. The van der Waals surface area contributed by atoms with Crippen LogP contribution in [0.5, 0.6) is 0 Å². The Kier molecular flexibility index (Phi) is 4.41. The summed E-state index contributed by atoms with van der Waals surface area (Å²) in [7, 11) is -6.98. The lowest BCUT2D eigenvalue weighted by molar-refractivity contribution is -0.116. The number of carbonyl (C=O) groups is 1. The number of nitrogens with zero attached hydrogens (tertiary/aromatic N) is 2. The van der Waals surface area contributed by atoms with Crippen LogP contribution in [0.4, 0.5) is 5.69 Å². The summed E-state index contributed by atoms with van der Waals surface area (Å²) < 4.78 is 51.2. The fourth-order valence-corrected chi connectivity index (χ4v) is 5.21. The lowest BCUT2D eigenvalue weighted by Gasteiger charge is -2.32. The molecule has 1 aromatic rings. The zero-order valence-electron chi connectivity index (χ0n) is 13.2. The Hall–Kier alpha value is -1.49. The van der Waals surface area contributed by atoms with Crippen LogP contribution in [0.25, 0.3) is 0 Å². The van der Waals surface area contributed by atoms with Crippen molar-refractivity contribution in [1.82, 2.24) is 8.61 Å². The standard InChI is InChI=1S/C14H19N3O5S2/c1-23(19,20)16-6-8-17(9-7-16)24(21,22)12-3-4-13-11(10-12)2-5-14(18)15-13/h3-4,10H,2,5-9H2,1H3,(H,15,18). The molecule has 0 aromatic heterocycles. The number of sulfonamides is 2. The van der Waals surface area contributed by atoms with E-state index in [0.29, 0.717) is 18.5 Å². The van der Waals surface area contributed by atoms with E-state index in [-0.39, 0.29) is 37.0 Å². The van der Waals surface area contributed by atoms with Gasteiger partial charge in [-0.3, -0.25) is 4.79 Å². The van der Waals surface area contributed by atoms with E-state index >= 15 is 0 Å². The summed E-state index contributed by atoms with van der Waals surface area (Å²) in [5.74, 6) is -0.0741. The van der Waals surface area contributed by atoms with E-state index in [2.05, 4.69) is 5.32 Å². The Morgan fingerprint density at radius 2 is 1.58 bits per heavy atom. The Morgan fingerprint density at radius 1 is 0.958 bits per heavy atom. The minimum absolute atomic E-state index is 0.0741. The van der Waals surface area contributed by atoms with Gasteiger partial charge in [0.1, 0.15) is 0 Å². The highest BCUT2D eigenvalue weighted by Crippen LogP contribution is 2.27. The maximum absolute atomic E-state index is 12.8. The van der Waals surface area contributed by atoms with Crippen LogP contribution in [0.3, 0.4) is 0 Å². The molecular formula is C14H19N3O5S2. The molecule has 0 bridgehead atoms. The lowest BCUT2D eigenvalue weighted by atomic mass is 10.0. The van der Waals surface area contributed by atoms with Crippen LogP contribution < -0.4 is 5.32 Å². The molecule has 132 valence electrons. The fourth-order valence-electron chi connectivity index (χ4n) is 2.91. The molecule has 1 amide bonds. The zero-order valence-corrected chi connectivity index (χ0v) is 14.9. The van der Waals surface area contributed by atoms with Crippen molar-refractivity contribution in [3.8, 4) is 0 Å². The predicted molar refractivity (Wildman–Crippen MR) is 88.6 cm³/mol. The van der Waals surface area contributed by atoms with E-state index in [9.17, 15) is 21.6 Å². The normalized spacial score (nSPS) is 20.5. The first kappa shape index (κ1) is 17.3. The van der Waals surface area contributed by atoms with E-state index in [1.807, 2.05) is 0 Å². The Balaban J connectivity index is 1.81. The van der Waals surface area contributed by atoms with Crippen LogP contribution in [0.1, 0.15) is 12.0 Å². The molecule has 1 saturated heterocycles. The number of rotatable bonds is 3. The van der Waals surface area contributed by atoms with Gasteiger partial charge in [-0.05, 0) is 30.2 Å². The SMILES string of the molecule is CS(=O)(=O)N1CCN(S(=O)(=O)c2ccc3c(c2)CCC(=O)N3)CC1. The number of hydrogen-bond acceptors (Lipinski definition) is 5. The number of hydrogen-bond donors (Lipinski definition) is 1. The molecule has 8 nitrogen and oxygen atoms in total. The van der Waals surface area contributed by atoms with Crippen LogP contribution in [0.15, 0.2) is 23.1 Å². The quantitative estimate of drug-likeness (QED) is 0.793. The zero-order chi connectivity index (χ0) is 17.5. The third kappa shape index (κ3) is 3.32. The minimum atomic E-state index is -3.68. The molecule has 0 saturated carbocycles. The van der Waals surface area contributed by atoms with Gasteiger partial charge in [0, 0.05) is 38.3 Å². The van der Waals surface area contributed by atoms with Gasteiger partial charge >= 0.3 is 0 Å². The number of piperazine rings is 1. The van der Waals surface area contributed by atoms with Crippen molar-refractivity contribution in [3.05, 3.63) is 23.8 Å². The van der Waals surface area contributed by atoms with Gasteiger partial charge in [-0.15, -0.1) is 0 Å². The molecule has 1 N–H and O–H groups in total. The summed E-state index contributed by atoms with van der Waals surface area (Å²) in [4.78, 5) is 11.5. The molecular weight excluding hydrogens is 354 g/mol. The van der Waals surface area contributed by atoms with Crippen LogP contribution in [0.2, 0.25) is 0 Å². The number of aryl methyl sites for hydroxylation is 1. The van der Waals surface area contributed by atoms with E-state index in [1.54, 1.807) is 12.1 Å². The number of fused-ring (bicyclic) bond motifs is 1. The number of carbonyl (C=O) groups excluding carboxylic acids is 1. The monoisotopic (exact) mass is 373 g/mol. The maximum atomic E-state index is 12.8. The van der Waals surface area contributed by atoms with Gasteiger partial charge in [-0.2, -0.15) is 8.61 Å². The second kappa shape index (κ2) is 6.10. The van der Waals surface area contributed by atoms with Gasteiger partial charge in [0.2, 0.25) is 26.0 Å². The van der Waals surface area contributed by atoms with Crippen molar-refractivity contribution in [1.29, 1.82) is 0 Å². The molecule has 24 heavy (non-hydrogen) atoms. The van der Waals surface area contributed by atoms with Gasteiger partial charge in [0.15, 0.2) is 0 Å². The Bertz CT molecular complexity index is 872. The van der Waals surface area contributed by atoms with Crippen molar-refractivity contribution in [3.63, 3.8) is 0 Å². The van der Waals surface area contributed by atoms with Crippen LogP contribution >= 0.6 is 0 Å². The van der Waals surface area contributed by atoms with E-state index < -0.39 is 20.0 Å². The number of anilines is 1. The molecule has 0 spiro atoms. The van der Waals surface area contributed by atoms with Gasteiger partial charge in [-0.25, -0.2) is 16.8 Å². The molecule has 1 aromatic carbocycles. The van der Waals surface area contributed by atoms with Crippen LogP contribution in [0, 0.1) is 0 Å². The molecule has 10 heteroatoms. The van der Waals surface area contributed by atoms with Crippen LogP contribution in [-0.2, 0) is 31.3 Å². The minimum Gasteiger partial charge on any atom is -0.326 e. The Morgan fingerprint density at radius 3 is 2.21 bits per heavy atom. The number of amides is 1.